The highest BCUT2D eigenvalue weighted by atomic mass is 32.2. The minimum Gasteiger partial charge on any atom is -0.241 e. The van der Waals surface area contributed by atoms with Gasteiger partial charge in [-0.1, -0.05) is 13.8 Å². The molecule has 0 N–H and O–H groups in total. The Morgan fingerprint density at radius 3 is 1.79 bits per heavy atom. The third kappa shape index (κ3) is 5.74. The van der Waals surface area contributed by atoms with Gasteiger partial charge in [0.05, 0.1) is 40.8 Å². The molecule has 0 atom stereocenters. The molecule has 184 valence electrons. The smallest absolute Gasteiger partial charge is 0.239 e. The van der Waals surface area contributed by atoms with Crippen molar-refractivity contribution in [3.05, 3.63) is 41.3 Å². The lowest BCUT2D eigenvalue weighted by Gasteiger charge is -2.39. The minimum absolute atomic E-state index is 0.0716. The highest BCUT2D eigenvalue weighted by Gasteiger charge is 2.48. The van der Waals surface area contributed by atoms with E-state index in [1.165, 1.54) is 19.2 Å². The van der Waals surface area contributed by atoms with Crippen LogP contribution in [0.25, 0.3) is 11.3 Å². The molecule has 0 amide bonds. The van der Waals surface area contributed by atoms with E-state index in [0.29, 0.717) is 22.7 Å². The van der Waals surface area contributed by atoms with Crippen LogP contribution in [-0.2, 0) is 16.2 Å². The largest absolute Gasteiger partial charge is 0.241 e. The average molecular weight is 497 g/mol. The molecular formula is C25H40FN3O2PS+. The Bertz CT molecular complexity index is 1050. The topological polar surface area (TPSA) is 63.2 Å². The molecular weight excluding hydrogens is 456 g/mol. The van der Waals surface area contributed by atoms with Gasteiger partial charge in [0.2, 0.25) is 16.0 Å². The van der Waals surface area contributed by atoms with Crippen molar-refractivity contribution in [2.24, 2.45) is 0 Å². The number of anilines is 1. The molecule has 1 heterocycles. The van der Waals surface area contributed by atoms with Crippen molar-refractivity contribution in [2.75, 3.05) is 17.6 Å². The van der Waals surface area contributed by atoms with E-state index in [1.54, 1.807) is 12.1 Å². The van der Waals surface area contributed by atoms with E-state index in [-0.39, 0.29) is 17.7 Å². The lowest BCUT2D eigenvalue weighted by Crippen LogP contribution is -2.29. The van der Waals surface area contributed by atoms with E-state index in [9.17, 15) is 12.8 Å². The quantitative estimate of drug-likeness (QED) is 0.370. The predicted octanol–water partition coefficient (Wildman–Crippen LogP) is 6.54. The molecule has 0 bridgehead atoms. The maximum absolute atomic E-state index is 13.7. The van der Waals surface area contributed by atoms with Crippen LogP contribution in [0.4, 0.5) is 10.3 Å². The van der Waals surface area contributed by atoms with Gasteiger partial charge in [0, 0.05) is 25.4 Å². The first-order valence-electron chi connectivity index (χ1n) is 11.6. The monoisotopic (exact) mass is 496 g/mol. The zero-order valence-electron chi connectivity index (χ0n) is 21.7. The Labute approximate surface area is 200 Å². The third-order valence-corrected chi connectivity index (χ3v) is 14.6. The van der Waals surface area contributed by atoms with Crippen molar-refractivity contribution in [3.63, 3.8) is 0 Å². The molecule has 1 aromatic heterocycles. The molecule has 0 unspecified atom stereocenters. The summed E-state index contributed by atoms with van der Waals surface area (Å²) in [6, 6.07) is 6.28. The highest BCUT2D eigenvalue weighted by molar-refractivity contribution is 7.92. The molecule has 2 rings (SSSR count). The molecule has 0 radical (unpaired) electrons. The summed E-state index contributed by atoms with van der Waals surface area (Å²) in [5.74, 6) is -0.102. The van der Waals surface area contributed by atoms with Crippen LogP contribution in [-0.4, -0.2) is 48.7 Å². The second-order valence-electron chi connectivity index (χ2n) is 10.1. The Morgan fingerprint density at radius 1 is 0.909 bits per heavy atom. The molecule has 0 spiro atoms. The molecule has 1 aromatic carbocycles. The molecule has 0 fully saturated rings. The molecule has 5 nitrogen and oxygen atoms in total. The van der Waals surface area contributed by atoms with Gasteiger partial charge in [0.1, 0.15) is 5.82 Å². The van der Waals surface area contributed by atoms with Gasteiger partial charge in [0.15, 0.2) is 0 Å². The van der Waals surface area contributed by atoms with Crippen molar-refractivity contribution >= 4 is 23.2 Å². The Balaban J connectivity index is 2.94. The number of nitrogens with zero attached hydrogens (tertiary/aromatic N) is 3. The van der Waals surface area contributed by atoms with Gasteiger partial charge >= 0.3 is 0 Å². The van der Waals surface area contributed by atoms with Gasteiger partial charge in [-0.05, 0) is 71.7 Å². The first-order chi connectivity index (χ1) is 15.1. The summed E-state index contributed by atoms with van der Waals surface area (Å²) < 4.78 is 39.4. The zero-order chi connectivity index (χ0) is 25.3. The highest BCUT2D eigenvalue weighted by Crippen LogP contribution is 2.72. The van der Waals surface area contributed by atoms with Crippen LogP contribution >= 0.6 is 7.26 Å². The van der Waals surface area contributed by atoms with Crippen LogP contribution in [0, 0.1) is 5.82 Å². The van der Waals surface area contributed by atoms with E-state index in [1.807, 2.05) is 0 Å². The van der Waals surface area contributed by atoms with Crippen molar-refractivity contribution in [1.82, 2.24) is 9.97 Å². The average Bonchev–Trinajstić information content (AvgIpc) is 2.70. The van der Waals surface area contributed by atoms with Crippen molar-refractivity contribution < 1.29 is 12.8 Å². The fraction of sp³-hybridized carbons (Fsp3) is 0.600. The summed E-state index contributed by atoms with van der Waals surface area (Å²) in [4.78, 5) is 9.56. The number of rotatable bonds is 9. The van der Waals surface area contributed by atoms with Gasteiger partial charge < -0.3 is 0 Å². The molecule has 33 heavy (non-hydrogen) atoms. The van der Waals surface area contributed by atoms with Crippen molar-refractivity contribution in [2.45, 2.75) is 84.4 Å². The maximum atomic E-state index is 13.7. The van der Waals surface area contributed by atoms with Gasteiger partial charge in [-0.3, -0.25) is 0 Å². The summed E-state index contributed by atoms with van der Waals surface area (Å²) in [5, 5.41) is 0. The van der Waals surface area contributed by atoms with Gasteiger partial charge in [-0.15, -0.1) is 0 Å². The molecule has 0 saturated carbocycles. The summed E-state index contributed by atoms with van der Waals surface area (Å²) >= 11 is 0. The van der Waals surface area contributed by atoms with Crippen LogP contribution in [0.2, 0.25) is 0 Å². The summed E-state index contributed by atoms with van der Waals surface area (Å²) in [7, 11) is -3.58. The second kappa shape index (κ2) is 10.4. The van der Waals surface area contributed by atoms with Crippen molar-refractivity contribution in [3.8, 4) is 11.3 Å². The van der Waals surface area contributed by atoms with Crippen LogP contribution in [0.5, 0.6) is 0 Å². The van der Waals surface area contributed by atoms with Gasteiger partial charge in [-0.25, -0.2) is 27.1 Å². The summed E-state index contributed by atoms with van der Waals surface area (Å²) in [6.45, 7) is 18.0. The van der Waals surface area contributed by atoms with Gasteiger partial charge in [0.25, 0.3) is 0 Å². The number of hydrogen-bond acceptors (Lipinski definition) is 4. The maximum Gasteiger partial charge on any atom is 0.239 e. The molecule has 0 aliphatic carbocycles. The van der Waals surface area contributed by atoms with Gasteiger partial charge in [-0.2, -0.15) is 0 Å². The first-order valence-corrected chi connectivity index (χ1v) is 15.6. The van der Waals surface area contributed by atoms with Crippen LogP contribution in [0.1, 0.15) is 72.6 Å². The second-order valence-corrected chi connectivity index (χ2v) is 17.5. The molecule has 0 aliphatic heterocycles. The lowest BCUT2D eigenvalue weighted by atomic mass is 9.99. The zero-order valence-corrected chi connectivity index (χ0v) is 23.4. The summed E-state index contributed by atoms with van der Waals surface area (Å²) in [6.07, 6.45) is 2.01. The SMILES string of the molecule is CC(C)c1nc(N(C)S(C)(=O)=O)nc(-c2ccc(F)cc2)c1C[P+](C(C)C)(C(C)C)C(C)C. The molecule has 0 aliphatic rings. The predicted molar refractivity (Wildman–Crippen MR) is 141 cm³/mol. The lowest BCUT2D eigenvalue weighted by molar-refractivity contribution is 0.599. The Hall–Kier alpha value is -1.59. The molecule has 0 saturated heterocycles. The van der Waals surface area contributed by atoms with E-state index >= 15 is 0 Å². The van der Waals surface area contributed by atoms with Crippen LogP contribution < -0.4 is 4.31 Å². The van der Waals surface area contributed by atoms with E-state index in [4.69, 9.17) is 9.97 Å². The van der Waals surface area contributed by atoms with Crippen LogP contribution in [0.3, 0.4) is 0 Å². The fourth-order valence-corrected chi connectivity index (χ4v) is 10.8. The van der Waals surface area contributed by atoms with Crippen molar-refractivity contribution in [1.29, 1.82) is 0 Å². The number of halogens is 1. The number of hydrogen-bond donors (Lipinski definition) is 0. The fourth-order valence-electron chi connectivity index (χ4n) is 4.87. The normalized spacial score (nSPS) is 12.9. The first kappa shape index (κ1) is 27.7. The third-order valence-electron chi connectivity index (χ3n) is 6.79. The Morgan fingerprint density at radius 2 is 1.39 bits per heavy atom. The van der Waals surface area contributed by atoms with E-state index < -0.39 is 17.3 Å². The molecule has 8 heteroatoms. The standard InChI is InChI=1S/C25H40FN3O2PS/c1-16(2)23-22(15-32(17(3)4,18(5)6)19(7)8)24(20-11-13-21(26)14-12-20)28-25(27-23)29(9)33(10,30)31/h11-14,16-19H,15H2,1-10H3/q+1. The number of aromatic nitrogens is 2. The van der Waals surface area contributed by atoms with Crippen LogP contribution in [0.15, 0.2) is 24.3 Å². The number of benzene rings is 1. The van der Waals surface area contributed by atoms with E-state index in [2.05, 4.69) is 55.4 Å². The summed E-state index contributed by atoms with van der Waals surface area (Å²) in [5.41, 5.74) is 4.93. The van der Waals surface area contributed by atoms with E-state index in [0.717, 1.165) is 33.5 Å². The molecule has 2 aromatic rings. The number of sulfonamides is 1. The minimum atomic E-state index is -3.54. The Kier molecular flexibility index (Phi) is 8.67.